The molecule has 0 atom stereocenters. The summed E-state index contributed by atoms with van der Waals surface area (Å²) >= 11 is 0. The van der Waals surface area contributed by atoms with E-state index in [9.17, 15) is 4.79 Å². The van der Waals surface area contributed by atoms with Crippen molar-refractivity contribution in [2.75, 3.05) is 13.2 Å². The number of hydrogen-bond acceptors (Lipinski definition) is 3. The Balaban J connectivity index is 1.72. The number of fused-ring (bicyclic) bond motifs is 1. The molecule has 126 valence electrons. The third-order valence-electron chi connectivity index (χ3n) is 4.16. The fourth-order valence-electron chi connectivity index (χ4n) is 2.90. The summed E-state index contributed by atoms with van der Waals surface area (Å²) in [5.41, 5.74) is 2.68. The van der Waals surface area contributed by atoms with Crippen molar-refractivity contribution in [2.45, 2.75) is 32.7 Å². The third-order valence-corrected chi connectivity index (χ3v) is 4.16. The highest BCUT2D eigenvalue weighted by atomic mass is 16.6. The summed E-state index contributed by atoms with van der Waals surface area (Å²) in [6, 6.07) is 13.8. The second-order valence-corrected chi connectivity index (χ2v) is 6.70. The van der Waals surface area contributed by atoms with Gasteiger partial charge in [0.15, 0.2) is 11.5 Å². The summed E-state index contributed by atoms with van der Waals surface area (Å²) in [7, 11) is 0. The van der Waals surface area contributed by atoms with Gasteiger partial charge in [0.2, 0.25) is 5.91 Å². The van der Waals surface area contributed by atoms with Crippen molar-refractivity contribution in [3.05, 3.63) is 59.2 Å². The minimum atomic E-state index is -0.489. The Labute approximate surface area is 142 Å². The zero-order valence-corrected chi connectivity index (χ0v) is 14.4. The van der Waals surface area contributed by atoms with E-state index >= 15 is 0 Å². The molecule has 1 amide bonds. The first-order valence-corrected chi connectivity index (χ1v) is 8.21. The largest absolute Gasteiger partial charge is 0.486 e. The van der Waals surface area contributed by atoms with Crippen LogP contribution in [0.1, 0.15) is 30.5 Å². The molecule has 0 saturated carbocycles. The predicted octanol–water partition coefficient (Wildman–Crippen LogP) is 3.36. The molecule has 0 aromatic heterocycles. The van der Waals surface area contributed by atoms with Crippen LogP contribution in [0.5, 0.6) is 11.5 Å². The third kappa shape index (κ3) is 3.70. The molecule has 2 aromatic rings. The van der Waals surface area contributed by atoms with Gasteiger partial charge in [0.1, 0.15) is 13.2 Å². The van der Waals surface area contributed by atoms with Crippen LogP contribution in [0.25, 0.3) is 0 Å². The topological polar surface area (TPSA) is 47.6 Å². The molecule has 0 unspecified atom stereocenters. The molecule has 4 nitrogen and oxygen atoms in total. The van der Waals surface area contributed by atoms with Crippen LogP contribution in [0.2, 0.25) is 0 Å². The Kier molecular flexibility index (Phi) is 4.47. The molecule has 0 radical (unpaired) electrons. The Morgan fingerprint density at radius 3 is 2.58 bits per heavy atom. The van der Waals surface area contributed by atoms with Crippen LogP contribution in [0, 0.1) is 6.92 Å². The smallest absolute Gasteiger partial charge is 0.225 e. The van der Waals surface area contributed by atoms with Gasteiger partial charge in [-0.2, -0.15) is 0 Å². The Morgan fingerprint density at radius 2 is 1.83 bits per heavy atom. The molecule has 0 spiro atoms. The number of benzene rings is 2. The first-order valence-electron chi connectivity index (χ1n) is 8.21. The molecular weight excluding hydrogens is 302 g/mol. The Hall–Kier alpha value is -2.49. The highest BCUT2D eigenvalue weighted by Gasteiger charge is 2.25. The van der Waals surface area contributed by atoms with Crippen molar-refractivity contribution in [3.8, 4) is 11.5 Å². The summed E-state index contributed by atoms with van der Waals surface area (Å²) in [5, 5.41) is 3.11. The van der Waals surface area contributed by atoms with Crippen LogP contribution in [-0.2, 0) is 16.8 Å². The summed E-state index contributed by atoms with van der Waals surface area (Å²) in [5.74, 6) is 1.49. The van der Waals surface area contributed by atoms with Crippen molar-refractivity contribution in [1.82, 2.24) is 5.32 Å². The highest BCUT2D eigenvalue weighted by Crippen LogP contribution is 2.34. The number of amides is 1. The average molecular weight is 325 g/mol. The molecule has 1 aliphatic heterocycles. The Bertz CT molecular complexity index is 752. The maximum atomic E-state index is 12.4. The van der Waals surface area contributed by atoms with E-state index in [1.807, 2.05) is 63.2 Å². The van der Waals surface area contributed by atoms with Crippen LogP contribution in [0.4, 0.5) is 0 Å². The maximum absolute atomic E-state index is 12.4. The number of ether oxygens (including phenoxy) is 2. The molecule has 0 fully saturated rings. The molecule has 24 heavy (non-hydrogen) atoms. The van der Waals surface area contributed by atoms with Crippen LogP contribution < -0.4 is 14.8 Å². The van der Waals surface area contributed by atoms with Gasteiger partial charge in [0, 0.05) is 0 Å². The van der Waals surface area contributed by atoms with E-state index in [0.29, 0.717) is 19.6 Å². The molecular formula is C20H23NO3. The highest BCUT2D eigenvalue weighted by molar-refractivity contribution is 5.79. The molecule has 2 aromatic carbocycles. The molecule has 1 N–H and O–H groups in total. The van der Waals surface area contributed by atoms with Crippen molar-refractivity contribution in [1.29, 1.82) is 0 Å². The van der Waals surface area contributed by atoms with Gasteiger partial charge in [-0.1, -0.05) is 35.9 Å². The number of hydrogen-bond donors (Lipinski definition) is 1. The molecule has 4 heteroatoms. The van der Waals surface area contributed by atoms with Crippen LogP contribution in [-0.4, -0.2) is 19.1 Å². The summed E-state index contributed by atoms with van der Waals surface area (Å²) in [6.07, 6.45) is 0.371. The van der Waals surface area contributed by atoms with Gasteiger partial charge < -0.3 is 14.8 Å². The van der Waals surface area contributed by atoms with Gasteiger partial charge in [-0.25, -0.2) is 0 Å². The molecule has 3 rings (SSSR count). The SMILES string of the molecule is Cc1cccc(CC(=O)NC(C)(C)c2ccc3c(c2)OCCO3)c1. The van der Waals surface area contributed by atoms with Gasteiger partial charge in [0.05, 0.1) is 12.0 Å². The maximum Gasteiger partial charge on any atom is 0.225 e. The number of rotatable bonds is 4. The van der Waals surface area contributed by atoms with Gasteiger partial charge in [0.25, 0.3) is 0 Å². The zero-order chi connectivity index (χ0) is 17.2. The lowest BCUT2D eigenvalue weighted by Gasteiger charge is -2.29. The second kappa shape index (κ2) is 6.56. The Morgan fingerprint density at radius 1 is 1.08 bits per heavy atom. The predicted molar refractivity (Wildman–Crippen MR) is 93.5 cm³/mol. The first-order chi connectivity index (χ1) is 11.4. The van der Waals surface area contributed by atoms with Crippen molar-refractivity contribution in [2.24, 2.45) is 0 Å². The molecule has 0 saturated heterocycles. The first kappa shape index (κ1) is 16.4. The minimum absolute atomic E-state index is 0.000453. The minimum Gasteiger partial charge on any atom is -0.486 e. The summed E-state index contributed by atoms with van der Waals surface area (Å²) < 4.78 is 11.2. The number of nitrogens with one attached hydrogen (secondary N) is 1. The lowest BCUT2D eigenvalue weighted by molar-refractivity contribution is -0.122. The quantitative estimate of drug-likeness (QED) is 0.937. The van der Waals surface area contributed by atoms with Crippen molar-refractivity contribution >= 4 is 5.91 Å². The van der Waals surface area contributed by atoms with Crippen molar-refractivity contribution < 1.29 is 14.3 Å². The van der Waals surface area contributed by atoms with Gasteiger partial charge in [-0.15, -0.1) is 0 Å². The van der Waals surface area contributed by atoms with Crippen LogP contribution in [0.3, 0.4) is 0 Å². The van der Waals surface area contributed by atoms with Crippen molar-refractivity contribution in [3.63, 3.8) is 0 Å². The van der Waals surface area contributed by atoms with E-state index in [2.05, 4.69) is 5.32 Å². The summed E-state index contributed by atoms with van der Waals surface area (Å²) in [6.45, 7) is 7.14. The fraction of sp³-hybridized carbons (Fsp3) is 0.350. The van der Waals surface area contributed by atoms with Crippen LogP contribution in [0.15, 0.2) is 42.5 Å². The van der Waals surface area contributed by atoms with E-state index < -0.39 is 5.54 Å². The number of carbonyl (C=O) groups excluding carboxylic acids is 1. The van der Waals surface area contributed by atoms with Gasteiger partial charge >= 0.3 is 0 Å². The van der Waals surface area contributed by atoms with E-state index in [4.69, 9.17) is 9.47 Å². The van der Waals surface area contributed by atoms with E-state index in [0.717, 1.165) is 28.2 Å². The molecule has 1 heterocycles. The lowest BCUT2D eigenvalue weighted by Crippen LogP contribution is -2.41. The molecule has 0 bridgehead atoms. The average Bonchev–Trinajstić information content (AvgIpc) is 2.53. The molecule has 1 aliphatic rings. The standard InChI is InChI=1S/C20H23NO3/c1-14-5-4-6-15(11-14)12-19(22)21-20(2,3)16-7-8-17-18(13-16)24-10-9-23-17/h4-8,11,13H,9-10,12H2,1-3H3,(H,21,22). The van der Waals surface area contributed by atoms with Gasteiger partial charge in [-0.05, 0) is 44.0 Å². The fourth-order valence-corrected chi connectivity index (χ4v) is 2.90. The van der Waals surface area contributed by atoms with Gasteiger partial charge in [-0.3, -0.25) is 4.79 Å². The monoisotopic (exact) mass is 325 g/mol. The van der Waals surface area contributed by atoms with E-state index in [1.54, 1.807) is 0 Å². The lowest BCUT2D eigenvalue weighted by atomic mass is 9.93. The van der Waals surface area contributed by atoms with E-state index in [1.165, 1.54) is 0 Å². The number of carbonyl (C=O) groups is 1. The summed E-state index contributed by atoms with van der Waals surface area (Å²) in [4.78, 5) is 12.4. The zero-order valence-electron chi connectivity index (χ0n) is 14.4. The second-order valence-electron chi connectivity index (χ2n) is 6.70. The normalized spacial score (nSPS) is 13.5. The number of aryl methyl sites for hydroxylation is 1. The molecule has 0 aliphatic carbocycles. The van der Waals surface area contributed by atoms with Crippen LogP contribution >= 0.6 is 0 Å². The van der Waals surface area contributed by atoms with E-state index in [-0.39, 0.29) is 5.91 Å².